The van der Waals surface area contributed by atoms with Crippen LogP contribution in [0.5, 0.6) is 0 Å². The first-order valence-electron chi connectivity index (χ1n) is 4.21. The molecule has 4 nitrogen and oxygen atoms in total. The van der Waals surface area contributed by atoms with Gasteiger partial charge in [-0.25, -0.2) is 4.98 Å². The van der Waals surface area contributed by atoms with E-state index in [2.05, 4.69) is 10.1 Å². The van der Waals surface area contributed by atoms with Gasteiger partial charge in [0.1, 0.15) is 5.69 Å². The molecule has 0 unspecified atom stereocenters. The maximum absolute atomic E-state index is 8.84. The van der Waals surface area contributed by atoms with Crippen molar-refractivity contribution in [1.82, 2.24) is 10.1 Å². The fraction of sp³-hybridized carbons (Fsp3) is 0.333. The van der Waals surface area contributed by atoms with Gasteiger partial charge < -0.3 is 9.63 Å². The van der Waals surface area contributed by atoms with Crippen molar-refractivity contribution in [3.63, 3.8) is 0 Å². The minimum Gasteiger partial charge on any atom is -0.390 e. The summed E-state index contributed by atoms with van der Waals surface area (Å²) in [6.07, 6.45) is 0. The molecular weight excluding hydrogens is 200 g/mol. The van der Waals surface area contributed by atoms with E-state index in [-0.39, 0.29) is 6.61 Å². The van der Waals surface area contributed by atoms with Gasteiger partial charge in [-0.2, -0.15) is 0 Å². The van der Waals surface area contributed by atoms with Crippen LogP contribution in [0.4, 0.5) is 0 Å². The van der Waals surface area contributed by atoms with Gasteiger partial charge in [-0.15, -0.1) is 11.3 Å². The van der Waals surface area contributed by atoms with Gasteiger partial charge in [-0.05, 0) is 13.8 Å². The molecule has 0 aliphatic carbocycles. The third-order valence-electron chi connectivity index (χ3n) is 1.85. The molecule has 1 N–H and O–H groups in total. The summed E-state index contributed by atoms with van der Waals surface area (Å²) in [6.45, 7) is 3.78. The molecule has 0 bridgehead atoms. The molecule has 5 heteroatoms. The molecule has 0 atom stereocenters. The summed E-state index contributed by atoms with van der Waals surface area (Å²) in [5.74, 6) is 0.678. The standard InChI is InChI=1S/C9H10N2O2S/c1-5-9(14-6(2)10-5)8-3-7(4-12)11-13-8/h3,12H,4H2,1-2H3. The average molecular weight is 210 g/mol. The summed E-state index contributed by atoms with van der Waals surface area (Å²) < 4.78 is 5.10. The molecule has 0 saturated carbocycles. The van der Waals surface area contributed by atoms with Crippen LogP contribution in [0.1, 0.15) is 16.4 Å². The third-order valence-corrected chi connectivity index (χ3v) is 2.94. The number of hydrogen-bond acceptors (Lipinski definition) is 5. The van der Waals surface area contributed by atoms with Crippen LogP contribution in [0, 0.1) is 13.8 Å². The number of rotatable bonds is 2. The predicted octanol–water partition coefficient (Wildman–Crippen LogP) is 1.91. The van der Waals surface area contributed by atoms with Crippen molar-refractivity contribution in [3.05, 3.63) is 22.5 Å². The highest BCUT2D eigenvalue weighted by molar-refractivity contribution is 7.15. The fourth-order valence-corrected chi connectivity index (χ4v) is 2.12. The van der Waals surface area contributed by atoms with Crippen LogP contribution >= 0.6 is 11.3 Å². The van der Waals surface area contributed by atoms with Gasteiger partial charge in [0.05, 0.1) is 22.2 Å². The summed E-state index contributed by atoms with van der Waals surface area (Å²) in [5, 5.41) is 13.6. The van der Waals surface area contributed by atoms with Gasteiger partial charge in [0, 0.05) is 6.07 Å². The molecule has 2 aromatic heterocycles. The van der Waals surface area contributed by atoms with Gasteiger partial charge in [0.2, 0.25) is 0 Å². The van der Waals surface area contributed by atoms with E-state index in [9.17, 15) is 0 Å². The zero-order valence-corrected chi connectivity index (χ0v) is 8.76. The van der Waals surface area contributed by atoms with Gasteiger partial charge in [-0.3, -0.25) is 0 Å². The van der Waals surface area contributed by atoms with E-state index in [1.54, 1.807) is 17.4 Å². The Morgan fingerprint density at radius 2 is 2.29 bits per heavy atom. The molecule has 74 valence electrons. The van der Waals surface area contributed by atoms with Gasteiger partial charge in [0.15, 0.2) is 5.76 Å². The number of aromatic nitrogens is 2. The molecule has 0 radical (unpaired) electrons. The molecule has 0 aliphatic heterocycles. The van der Waals surface area contributed by atoms with Crippen molar-refractivity contribution in [2.24, 2.45) is 0 Å². The molecule has 0 aliphatic rings. The van der Waals surface area contributed by atoms with Gasteiger partial charge in [-0.1, -0.05) is 5.16 Å². The minimum atomic E-state index is -0.0969. The molecule has 2 aromatic rings. The maximum Gasteiger partial charge on any atom is 0.179 e. The molecule has 0 amide bonds. The largest absolute Gasteiger partial charge is 0.390 e. The van der Waals surface area contributed by atoms with Crippen LogP contribution in [-0.2, 0) is 6.61 Å². The van der Waals surface area contributed by atoms with E-state index < -0.39 is 0 Å². The summed E-state index contributed by atoms with van der Waals surface area (Å²) in [7, 11) is 0. The van der Waals surface area contributed by atoms with Gasteiger partial charge >= 0.3 is 0 Å². The monoisotopic (exact) mass is 210 g/mol. The average Bonchev–Trinajstić information content (AvgIpc) is 2.71. The zero-order valence-electron chi connectivity index (χ0n) is 7.94. The molecule has 0 saturated heterocycles. The normalized spacial score (nSPS) is 10.8. The third kappa shape index (κ3) is 1.56. The van der Waals surface area contributed by atoms with E-state index in [0.29, 0.717) is 11.5 Å². The molecule has 14 heavy (non-hydrogen) atoms. The molecule has 0 spiro atoms. The molecule has 2 rings (SSSR count). The summed E-state index contributed by atoms with van der Waals surface area (Å²) >= 11 is 1.56. The fourth-order valence-electron chi connectivity index (χ4n) is 1.25. The van der Waals surface area contributed by atoms with Crippen LogP contribution in [0.15, 0.2) is 10.6 Å². The molecule has 0 aromatic carbocycles. The number of thiazole rings is 1. The Morgan fingerprint density at radius 1 is 1.50 bits per heavy atom. The first kappa shape index (κ1) is 9.36. The topological polar surface area (TPSA) is 59.2 Å². The number of aliphatic hydroxyl groups is 1. The number of aryl methyl sites for hydroxylation is 2. The van der Waals surface area contributed by atoms with Crippen LogP contribution in [-0.4, -0.2) is 15.2 Å². The Bertz CT molecular complexity index is 447. The molecule has 2 heterocycles. The highest BCUT2D eigenvalue weighted by Gasteiger charge is 2.12. The lowest BCUT2D eigenvalue weighted by Gasteiger charge is -1.87. The number of aliphatic hydroxyl groups excluding tert-OH is 1. The highest BCUT2D eigenvalue weighted by atomic mass is 32.1. The van der Waals surface area contributed by atoms with E-state index in [1.165, 1.54) is 0 Å². The lowest BCUT2D eigenvalue weighted by atomic mass is 10.3. The van der Waals surface area contributed by atoms with Crippen molar-refractivity contribution in [2.75, 3.05) is 0 Å². The van der Waals surface area contributed by atoms with E-state index in [1.807, 2.05) is 13.8 Å². The van der Waals surface area contributed by atoms with Crippen molar-refractivity contribution >= 4 is 11.3 Å². The summed E-state index contributed by atoms with van der Waals surface area (Å²) in [5.41, 5.74) is 1.48. The molecule has 0 fully saturated rings. The van der Waals surface area contributed by atoms with Gasteiger partial charge in [0.25, 0.3) is 0 Å². The van der Waals surface area contributed by atoms with Crippen LogP contribution in [0.3, 0.4) is 0 Å². The maximum atomic E-state index is 8.84. The van der Waals surface area contributed by atoms with E-state index >= 15 is 0 Å². The predicted molar refractivity (Wildman–Crippen MR) is 53.0 cm³/mol. The Hall–Kier alpha value is -1.20. The highest BCUT2D eigenvalue weighted by Crippen LogP contribution is 2.29. The van der Waals surface area contributed by atoms with Crippen LogP contribution in [0.2, 0.25) is 0 Å². The summed E-state index contributed by atoms with van der Waals surface area (Å²) in [4.78, 5) is 5.27. The second kappa shape index (κ2) is 3.51. The lowest BCUT2D eigenvalue weighted by molar-refractivity contribution is 0.267. The second-order valence-electron chi connectivity index (χ2n) is 2.99. The molecular formula is C9H10N2O2S. The Labute approximate surface area is 85.2 Å². The quantitative estimate of drug-likeness (QED) is 0.822. The van der Waals surface area contributed by atoms with Crippen molar-refractivity contribution in [3.8, 4) is 10.6 Å². The Kier molecular flexibility index (Phi) is 2.35. The summed E-state index contributed by atoms with van der Waals surface area (Å²) in [6, 6.07) is 1.74. The van der Waals surface area contributed by atoms with E-state index in [0.717, 1.165) is 15.6 Å². The van der Waals surface area contributed by atoms with Crippen LogP contribution < -0.4 is 0 Å². The Morgan fingerprint density at radius 3 is 2.79 bits per heavy atom. The number of hydrogen-bond donors (Lipinski definition) is 1. The second-order valence-corrected chi connectivity index (χ2v) is 4.19. The van der Waals surface area contributed by atoms with Crippen LogP contribution in [0.25, 0.3) is 10.6 Å². The van der Waals surface area contributed by atoms with Crippen molar-refractivity contribution in [1.29, 1.82) is 0 Å². The number of nitrogens with zero attached hydrogens (tertiary/aromatic N) is 2. The first-order valence-corrected chi connectivity index (χ1v) is 5.03. The Balaban J connectivity index is 2.43. The van der Waals surface area contributed by atoms with Crippen molar-refractivity contribution < 1.29 is 9.63 Å². The SMILES string of the molecule is Cc1nc(C)c(-c2cc(CO)no2)s1. The van der Waals surface area contributed by atoms with E-state index in [4.69, 9.17) is 9.63 Å². The van der Waals surface area contributed by atoms with Crippen molar-refractivity contribution in [2.45, 2.75) is 20.5 Å². The smallest absolute Gasteiger partial charge is 0.179 e. The first-order chi connectivity index (χ1) is 6.70. The zero-order chi connectivity index (χ0) is 10.1. The minimum absolute atomic E-state index is 0.0969. The lowest BCUT2D eigenvalue weighted by Crippen LogP contribution is -1.78.